The Morgan fingerprint density at radius 3 is 2.94 bits per heavy atom. The van der Waals surface area contributed by atoms with Gasteiger partial charge in [0.05, 0.1) is 6.61 Å². The molecule has 0 aliphatic rings. The minimum Gasteiger partial charge on any atom is -0.382 e. The first-order chi connectivity index (χ1) is 8.54. The van der Waals surface area contributed by atoms with Crippen LogP contribution >= 0.6 is 0 Å². The summed E-state index contributed by atoms with van der Waals surface area (Å²) in [6, 6.07) is 1.83. The molecular weight excluding hydrogens is 232 g/mol. The second-order valence-corrected chi connectivity index (χ2v) is 4.46. The number of hydrogen-bond acceptors (Lipinski definition) is 6. The van der Waals surface area contributed by atoms with E-state index < -0.39 is 5.54 Å². The zero-order chi connectivity index (χ0) is 13.2. The lowest BCUT2D eigenvalue weighted by Crippen LogP contribution is -2.38. The second kappa shape index (κ2) is 4.83. The van der Waals surface area contributed by atoms with E-state index in [4.69, 9.17) is 15.0 Å². The zero-order valence-electron chi connectivity index (χ0n) is 10.7. The van der Waals surface area contributed by atoms with Gasteiger partial charge < -0.3 is 15.0 Å². The van der Waals surface area contributed by atoms with Crippen molar-refractivity contribution in [3.8, 4) is 11.5 Å². The van der Waals surface area contributed by atoms with Crippen LogP contribution in [0.15, 0.2) is 23.0 Å². The molecule has 0 spiro atoms. The monoisotopic (exact) mass is 248 g/mol. The van der Waals surface area contributed by atoms with E-state index >= 15 is 0 Å². The normalized spacial score (nSPS) is 14.4. The molecule has 18 heavy (non-hydrogen) atoms. The summed E-state index contributed by atoms with van der Waals surface area (Å²) in [4.78, 5) is 8.34. The maximum Gasteiger partial charge on any atom is 0.258 e. The number of aryl methyl sites for hydroxylation is 1. The Morgan fingerprint density at radius 1 is 1.50 bits per heavy atom. The second-order valence-electron chi connectivity index (χ2n) is 4.46. The predicted molar refractivity (Wildman–Crippen MR) is 65.7 cm³/mol. The number of pyridine rings is 1. The third kappa shape index (κ3) is 2.39. The van der Waals surface area contributed by atoms with Crippen molar-refractivity contribution in [3.63, 3.8) is 0 Å². The topological polar surface area (TPSA) is 87.1 Å². The molecular formula is C12H16N4O2. The predicted octanol–water partition coefficient (Wildman–Crippen LogP) is 1.26. The average molecular weight is 248 g/mol. The van der Waals surface area contributed by atoms with Crippen LogP contribution in [-0.4, -0.2) is 28.8 Å². The van der Waals surface area contributed by atoms with Crippen molar-refractivity contribution in [2.45, 2.75) is 19.4 Å². The Labute approximate surface area is 105 Å². The number of nitrogens with zero attached hydrogens (tertiary/aromatic N) is 3. The molecule has 0 amide bonds. The molecule has 1 atom stereocenters. The molecule has 0 aliphatic carbocycles. The molecule has 6 heteroatoms. The van der Waals surface area contributed by atoms with Crippen LogP contribution in [-0.2, 0) is 10.3 Å². The average Bonchev–Trinajstić information content (AvgIpc) is 2.79. The molecule has 6 nitrogen and oxygen atoms in total. The van der Waals surface area contributed by atoms with E-state index in [1.807, 2.05) is 13.0 Å². The highest BCUT2D eigenvalue weighted by molar-refractivity contribution is 5.56. The number of hydrogen-bond donors (Lipinski definition) is 1. The lowest BCUT2D eigenvalue weighted by atomic mass is 10.1. The highest BCUT2D eigenvalue weighted by Crippen LogP contribution is 2.23. The van der Waals surface area contributed by atoms with E-state index in [2.05, 4.69) is 15.1 Å². The Hall–Kier alpha value is -1.79. The van der Waals surface area contributed by atoms with E-state index in [0.29, 0.717) is 18.3 Å². The third-order valence-electron chi connectivity index (χ3n) is 2.63. The van der Waals surface area contributed by atoms with Gasteiger partial charge in [0.25, 0.3) is 5.89 Å². The minimum atomic E-state index is -0.766. The van der Waals surface area contributed by atoms with Crippen molar-refractivity contribution in [3.05, 3.63) is 29.8 Å². The molecule has 0 bridgehead atoms. The van der Waals surface area contributed by atoms with Gasteiger partial charge in [0.15, 0.2) is 5.82 Å². The largest absolute Gasteiger partial charge is 0.382 e. The molecule has 1 unspecified atom stereocenters. The van der Waals surface area contributed by atoms with E-state index in [0.717, 1.165) is 11.1 Å². The van der Waals surface area contributed by atoms with Gasteiger partial charge in [-0.2, -0.15) is 4.98 Å². The molecule has 0 fully saturated rings. The van der Waals surface area contributed by atoms with Crippen molar-refractivity contribution in [2.75, 3.05) is 13.7 Å². The Bertz CT molecular complexity index is 536. The summed E-state index contributed by atoms with van der Waals surface area (Å²) in [5.41, 5.74) is 7.12. The number of ether oxygens (including phenoxy) is 1. The molecule has 0 aromatic carbocycles. The Morgan fingerprint density at radius 2 is 2.28 bits per heavy atom. The molecule has 0 radical (unpaired) electrons. The van der Waals surface area contributed by atoms with Crippen LogP contribution in [0.1, 0.15) is 18.3 Å². The van der Waals surface area contributed by atoms with Crippen LogP contribution in [0.3, 0.4) is 0 Å². The summed E-state index contributed by atoms with van der Waals surface area (Å²) < 4.78 is 10.3. The van der Waals surface area contributed by atoms with Crippen LogP contribution in [0.5, 0.6) is 0 Å². The fourth-order valence-corrected chi connectivity index (χ4v) is 1.64. The van der Waals surface area contributed by atoms with Crippen molar-refractivity contribution in [1.29, 1.82) is 0 Å². The summed E-state index contributed by atoms with van der Waals surface area (Å²) in [6.45, 7) is 4.05. The van der Waals surface area contributed by atoms with Gasteiger partial charge in [-0.25, -0.2) is 0 Å². The lowest BCUT2D eigenvalue weighted by molar-refractivity contribution is 0.135. The van der Waals surface area contributed by atoms with Crippen molar-refractivity contribution in [2.24, 2.45) is 5.73 Å². The quantitative estimate of drug-likeness (QED) is 0.876. The van der Waals surface area contributed by atoms with Gasteiger partial charge >= 0.3 is 0 Å². The molecule has 2 rings (SSSR count). The number of nitrogens with two attached hydrogens (primary N) is 1. The first-order valence-electron chi connectivity index (χ1n) is 5.57. The molecule has 2 aromatic rings. The van der Waals surface area contributed by atoms with Crippen LogP contribution in [0.2, 0.25) is 0 Å². The molecule has 0 saturated heterocycles. The van der Waals surface area contributed by atoms with Crippen molar-refractivity contribution in [1.82, 2.24) is 15.1 Å². The van der Waals surface area contributed by atoms with Gasteiger partial charge in [-0.3, -0.25) is 4.98 Å². The lowest BCUT2D eigenvalue weighted by Gasteiger charge is -2.18. The molecule has 0 aliphatic heterocycles. The first-order valence-corrected chi connectivity index (χ1v) is 5.57. The molecule has 2 heterocycles. The van der Waals surface area contributed by atoms with Crippen molar-refractivity contribution >= 4 is 0 Å². The van der Waals surface area contributed by atoms with Gasteiger partial charge in [-0.15, -0.1) is 0 Å². The van der Waals surface area contributed by atoms with E-state index in [9.17, 15) is 0 Å². The summed E-state index contributed by atoms with van der Waals surface area (Å²) >= 11 is 0. The van der Waals surface area contributed by atoms with Crippen LogP contribution in [0.25, 0.3) is 11.5 Å². The highest BCUT2D eigenvalue weighted by atomic mass is 16.5. The van der Waals surface area contributed by atoms with Crippen LogP contribution < -0.4 is 5.73 Å². The fourth-order valence-electron chi connectivity index (χ4n) is 1.64. The van der Waals surface area contributed by atoms with Gasteiger partial charge in [0.2, 0.25) is 0 Å². The fraction of sp³-hybridized carbons (Fsp3) is 0.417. The van der Waals surface area contributed by atoms with Gasteiger partial charge in [-0.1, -0.05) is 5.16 Å². The minimum absolute atomic E-state index is 0.321. The Kier molecular flexibility index (Phi) is 3.40. The summed E-state index contributed by atoms with van der Waals surface area (Å²) in [6.07, 6.45) is 3.43. The molecule has 0 saturated carbocycles. The number of aromatic nitrogens is 3. The van der Waals surface area contributed by atoms with E-state index in [1.54, 1.807) is 26.4 Å². The maximum atomic E-state index is 6.06. The summed E-state index contributed by atoms with van der Waals surface area (Å²) in [5.74, 6) is 0.869. The highest BCUT2D eigenvalue weighted by Gasteiger charge is 2.28. The number of methoxy groups -OCH3 is 1. The molecule has 96 valence electrons. The van der Waals surface area contributed by atoms with Gasteiger partial charge in [-0.05, 0) is 25.5 Å². The number of rotatable bonds is 4. The molecule has 2 aromatic heterocycles. The smallest absolute Gasteiger partial charge is 0.258 e. The van der Waals surface area contributed by atoms with Crippen LogP contribution in [0.4, 0.5) is 0 Å². The van der Waals surface area contributed by atoms with Crippen LogP contribution in [0, 0.1) is 6.92 Å². The van der Waals surface area contributed by atoms with Gasteiger partial charge in [0, 0.05) is 25.1 Å². The van der Waals surface area contributed by atoms with Gasteiger partial charge in [0.1, 0.15) is 5.54 Å². The third-order valence-corrected chi connectivity index (χ3v) is 2.63. The maximum absolute atomic E-state index is 6.06. The van der Waals surface area contributed by atoms with E-state index in [1.165, 1.54) is 0 Å². The van der Waals surface area contributed by atoms with E-state index in [-0.39, 0.29) is 0 Å². The summed E-state index contributed by atoms with van der Waals surface area (Å²) in [7, 11) is 1.58. The Balaban J connectivity index is 2.34. The standard InChI is InChI=1S/C12H16N4O2/c1-8-6-14-5-4-9(8)10-15-11(16-18-10)12(2,13)7-17-3/h4-6H,7,13H2,1-3H3. The van der Waals surface area contributed by atoms with Crippen molar-refractivity contribution < 1.29 is 9.26 Å². The summed E-state index contributed by atoms with van der Waals surface area (Å²) in [5, 5.41) is 3.91. The zero-order valence-corrected chi connectivity index (χ0v) is 10.7. The molecule has 2 N–H and O–H groups in total. The SMILES string of the molecule is COCC(C)(N)c1noc(-c2ccncc2C)n1. The first kappa shape index (κ1) is 12.7.